The number of hydrogen-bond donors (Lipinski definition) is 2. The average molecular weight is 347 g/mol. The lowest BCUT2D eigenvalue weighted by Crippen LogP contribution is -2.14. The number of rotatable bonds is 6. The zero-order valence-corrected chi connectivity index (χ0v) is 15.0. The predicted octanol–water partition coefficient (Wildman–Crippen LogP) is 3.56. The van der Waals surface area contributed by atoms with Gasteiger partial charge in [-0.1, -0.05) is 13.8 Å². The van der Waals surface area contributed by atoms with Crippen LogP contribution in [0, 0.1) is 5.92 Å². The monoisotopic (exact) mass is 347 g/mol. The number of carbonyl (C=O) groups is 2. The fraction of sp³-hybridized carbons (Fsp3) is 0.353. The van der Waals surface area contributed by atoms with E-state index in [1.54, 1.807) is 23.6 Å². The van der Waals surface area contributed by atoms with Crippen LogP contribution in [0.4, 0.5) is 11.4 Å². The number of carbonyl (C=O) groups excluding carboxylic acids is 2. The van der Waals surface area contributed by atoms with Gasteiger partial charge in [0.15, 0.2) is 0 Å². The van der Waals surface area contributed by atoms with Crippen LogP contribution in [0.5, 0.6) is 5.75 Å². The molecule has 128 valence electrons. The standard InChI is InChI=1S/C17H21N3O3S/c1-10(2)7-16-19-14(9-24-16)17(22)20-13-8-12(18-11(3)21)5-6-15(13)23-4/h5-6,8-10H,7H2,1-4H3,(H,18,21)(H,20,22). The van der Waals surface area contributed by atoms with Gasteiger partial charge in [0.25, 0.3) is 5.91 Å². The van der Waals surface area contributed by atoms with Gasteiger partial charge < -0.3 is 15.4 Å². The number of benzene rings is 1. The molecule has 0 aliphatic heterocycles. The molecule has 0 saturated heterocycles. The van der Waals surface area contributed by atoms with E-state index in [1.807, 2.05) is 0 Å². The maximum absolute atomic E-state index is 12.4. The smallest absolute Gasteiger partial charge is 0.275 e. The molecule has 2 rings (SSSR count). The van der Waals surface area contributed by atoms with Crippen molar-refractivity contribution in [1.29, 1.82) is 0 Å². The van der Waals surface area contributed by atoms with Crippen LogP contribution in [0.2, 0.25) is 0 Å². The molecule has 2 N–H and O–H groups in total. The number of anilines is 2. The second kappa shape index (κ2) is 7.92. The molecule has 6 nitrogen and oxygen atoms in total. The zero-order chi connectivity index (χ0) is 17.7. The highest BCUT2D eigenvalue weighted by Crippen LogP contribution is 2.28. The molecule has 0 bridgehead atoms. The summed E-state index contributed by atoms with van der Waals surface area (Å²) >= 11 is 1.48. The van der Waals surface area contributed by atoms with Crippen molar-refractivity contribution in [2.24, 2.45) is 5.92 Å². The number of methoxy groups -OCH3 is 1. The van der Waals surface area contributed by atoms with E-state index in [0.29, 0.717) is 28.7 Å². The first-order valence-electron chi connectivity index (χ1n) is 7.60. The summed E-state index contributed by atoms with van der Waals surface area (Å²) in [6, 6.07) is 5.05. The summed E-state index contributed by atoms with van der Waals surface area (Å²) in [6.07, 6.45) is 0.847. The van der Waals surface area contributed by atoms with Crippen LogP contribution >= 0.6 is 11.3 Å². The molecule has 0 spiro atoms. The van der Waals surface area contributed by atoms with Crippen molar-refractivity contribution < 1.29 is 14.3 Å². The van der Waals surface area contributed by atoms with Crippen LogP contribution in [0.1, 0.15) is 36.3 Å². The van der Waals surface area contributed by atoms with Gasteiger partial charge in [0.1, 0.15) is 11.4 Å². The summed E-state index contributed by atoms with van der Waals surface area (Å²) in [5.41, 5.74) is 1.44. The van der Waals surface area contributed by atoms with Crippen molar-refractivity contribution in [3.63, 3.8) is 0 Å². The van der Waals surface area contributed by atoms with E-state index in [0.717, 1.165) is 11.4 Å². The highest BCUT2D eigenvalue weighted by molar-refractivity contribution is 7.09. The van der Waals surface area contributed by atoms with E-state index >= 15 is 0 Å². The van der Waals surface area contributed by atoms with Crippen molar-refractivity contribution in [3.05, 3.63) is 34.3 Å². The number of aromatic nitrogens is 1. The first kappa shape index (κ1) is 17.9. The van der Waals surface area contributed by atoms with Gasteiger partial charge in [0.2, 0.25) is 5.91 Å². The van der Waals surface area contributed by atoms with E-state index in [9.17, 15) is 9.59 Å². The van der Waals surface area contributed by atoms with Crippen molar-refractivity contribution in [3.8, 4) is 5.75 Å². The van der Waals surface area contributed by atoms with Crippen molar-refractivity contribution in [1.82, 2.24) is 4.98 Å². The van der Waals surface area contributed by atoms with Crippen LogP contribution in [0.25, 0.3) is 0 Å². The summed E-state index contributed by atoms with van der Waals surface area (Å²) in [4.78, 5) is 27.9. The lowest BCUT2D eigenvalue weighted by molar-refractivity contribution is -0.114. The van der Waals surface area contributed by atoms with Gasteiger partial charge in [-0.2, -0.15) is 0 Å². The van der Waals surface area contributed by atoms with Gasteiger partial charge in [-0.15, -0.1) is 11.3 Å². The molecule has 1 aromatic heterocycles. The van der Waals surface area contributed by atoms with Gasteiger partial charge >= 0.3 is 0 Å². The first-order chi connectivity index (χ1) is 11.4. The van der Waals surface area contributed by atoms with E-state index < -0.39 is 0 Å². The molecule has 0 saturated carbocycles. The second-order valence-electron chi connectivity index (χ2n) is 5.77. The molecule has 24 heavy (non-hydrogen) atoms. The Morgan fingerprint density at radius 1 is 1.29 bits per heavy atom. The minimum atomic E-state index is -0.306. The quantitative estimate of drug-likeness (QED) is 0.837. The van der Waals surface area contributed by atoms with Gasteiger partial charge in [-0.3, -0.25) is 9.59 Å². The van der Waals surface area contributed by atoms with E-state index in [4.69, 9.17) is 4.74 Å². The predicted molar refractivity (Wildman–Crippen MR) is 95.9 cm³/mol. The Labute approximate surface area is 145 Å². The summed E-state index contributed by atoms with van der Waals surface area (Å²) in [5, 5.41) is 8.15. The molecule has 0 aliphatic rings. The fourth-order valence-electron chi connectivity index (χ4n) is 2.13. The van der Waals surface area contributed by atoms with Gasteiger partial charge in [0, 0.05) is 24.4 Å². The minimum Gasteiger partial charge on any atom is -0.495 e. The average Bonchev–Trinajstić information content (AvgIpc) is 2.94. The summed E-state index contributed by atoms with van der Waals surface area (Å²) in [7, 11) is 1.52. The number of thiazole rings is 1. The topological polar surface area (TPSA) is 80.3 Å². The molecular weight excluding hydrogens is 326 g/mol. The highest BCUT2D eigenvalue weighted by Gasteiger charge is 2.14. The molecule has 7 heteroatoms. The third-order valence-electron chi connectivity index (χ3n) is 3.14. The molecule has 0 aliphatic carbocycles. The first-order valence-corrected chi connectivity index (χ1v) is 8.48. The van der Waals surface area contributed by atoms with Gasteiger partial charge in [0.05, 0.1) is 17.8 Å². The molecule has 0 atom stereocenters. The van der Waals surface area contributed by atoms with Crippen LogP contribution in [0.15, 0.2) is 23.6 Å². The fourth-order valence-corrected chi connectivity index (χ4v) is 3.12. The van der Waals surface area contributed by atoms with Crippen molar-refractivity contribution in [2.45, 2.75) is 27.2 Å². The number of nitrogens with zero attached hydrogens (tertiary/aromatic N) is 1. The van der Waals surface area contributed by atoms with Gasteiger partial charge in [-0.25, -0.2) is 4.98 Å². The van der Waals surface area contributed by atoms with Gasteiger partial charge in [-0.05, 0) is 24.1 Å². The Kier molecular flexibility index (Phi) is 5.92. The van der Waals surface area contributed by atoms with E-state index in [-0.39, 0.29) is 11.8 Å². The highest BCUT2D eigenvalue weighted by atomic mass is 32.1. The van der Waals surface area contributed by atoms with Crippen molar-refractivity contribution >= 4 is 34.5 Å². The number of hydrogen-bond acceptors (Lipinski definition) is 5. The maximum Gasteiger partial charge on any atom is 0.275 e. The Hall–Kier alpha value is -2.41. The van der Waals surface area contributed by atoms with Crippen molar-refractivity contribution in [2.75, 3.05) is 17.7 Å². The molecular formula is C17H21N3O3S. The third-order valence-corrected chi connectivity index (χ3v) is 4.01. The lowest BCUT2D eigenvalue weighted by Gasteiger charge is -2.11. The molecule has 0 fully saturated rings. The van der Waals surface area contributed by atoms with Crippen LogP contribution < -0.4 is 15.4 Å². The van der Waals surface area contributed by atoms with Crippen LogP contribution in [0.3, 0.4) is 0 Å². The summed E-state index contributed by atoms with van der Waals surface area (Å²) in [6.45, 7) is 5.65. The maximum atomic E-state index is 12.4. The van der Waals surface area contributed by atoms with E-state index in [2.05, 4.69) is 29.5 Å². The zero-order valence-electron chi connectivity index (χ0n) is 14.2. The SMILES string of the molecule is COc1ccc(NC(C)=O)cc1NC(=O)c1csc(CC(C)C)n1. The number of nitrogens with one attached hydrogen (secondary N) is 2. The summed E-state index contributed by atoms with van der Waals surface area (Å²) < 4.78 is 5.25. The van der Waals surface area contributed by atoms with Crippen LogP contribution in [-0.4, -0.2) is 23.9 Å². The normalized spacial score (nSPS) is 10.5. The Balaban J connectivity index is 2.17. The number of ether oxygens (including phenoxy) is 1. The molecule has 0 radical (unpaired) electrons. The molecule has 2 amide bonds. The summed E-state index contributed by atoms with van der Waals surface area (Å²) in [5.74, 6) is 0.506. The minimum absolute atomic E-state index is 0.185. The van der Waals surface area contributed by atoms with Crippen LogP contribution in [-0.2, 0) is 11.2 Å². The Morgan fingerprint density at radius 3 is 2.67 bits per heavy atom. The number of amides is 2. The Bertz CT molecular complexity index is 740. The largest absolute Gasteiger partial charge is 0.495 e. The second-order valence-corrected chi connectivity index (χ2v) is 6.72. The Morgan fingerprint density at radius 2 is 2.04 bits per heavy atom. The molecule has 1 heterocycles. The molecule has 2 aromatic rings. The molecule has 1 aromatic carbocycles. The lowest BCUT2D eigenvalue weighted by atomic mass is 10.1. The molecule has 0 unspecified atom stereocenters. The van der Waals surface area contributed by atoms with E-state index in [1.165, 1.54) is 25.4 Å². The third kappa shape index (κ3) is 4.79.